The van der Waals surface area contributed by atoms with Gasteiger partial charge in [0.25, 0.3) is 0 Å². The molecule has 0 radical (unpaired) electrons. The lowest BCUT2D eigenvalue weighted by Gasteiger charge is -2.15. The molecule has 5 heteroatoms. The van der Waals surface area contributed by atoms with Crippen molar-refractivity contribution >= 4 is 43.6 Å². The fraction of sp³-hybridized carbons (Fsp3) is 0. The molecule has 13 rings (SSSR count). The summed E-state index contributed by atoms with van der Waals surface area (Å²) in [5.41, 5.74) is 16.5. The third-order valence-corrected chi connectivity index (χ3v) is 13.2. The molecule has 0 N–H and O–H groups in total. The van der Waals surface area contributed by atoms with E-state index in [4.69, 9.17) is 15.0 Å². The average Bonchev–Trinajstić information content (AvgIpc) is 3.95. The van der Waals surface area contributed by atoms with Crippen LogP contribution in [0.3, 0.4) is 0 Å². The van der Waals surface area contributed by atoms with Crippen LogP contribution in [0.25, 0.3) is 123 Å². The van der Waals surface area contributed by atoms with Crippen LogP contribution in [-0.4, -0.2) is 24.1 Å². The van der Waals surface area contributed by atoms with Crippen molar-refractivity contribution in [3.8, 4) is 78.9 Å². The molecule has 0 amide bonds. The summed E-state index contributed by atoms with van der Waals surface area (Å²) in [5.74, 6) is 1.77. The van der Waals surface area contributed by atoms with E-state index in [1.54, 1.807) is 0 Å². The van der Waals surface area contributed by atoms with E-state index in [1.807, 2.05) is 24.3 Å². The van der Waals surface area contributed by atoms with E-state index in [0.717, 1.165) is 71.7 Å². The predicted molar refractivity (Wildman–Crippen MR) is 281 cm³/mol. The Balaban J connectivity index is 1.02. The van der Waals surface area contributed by atoms with E-state index in [-0.39, 0.29) is 0 Å². The Bertz CT molecular complexity index is 4000. The number of para-hydroxylation sites is 2. The largest absolute Gasteiger partial charge is 0.307 e. The van der Waals surface area contributed by atoms with Crippen LogP contribution in [0.2, 0.25) is 0 Å². The van der Waals surface area contributed by atoms with Crippen LogP contribution in [0.4, 0.5) is 0 Å². The molecule has 10 aromatic carbocycles. The lowest BCUT2D eigenvalue weighted by Crippen LogP contribution is -2.07. The highest BCUT2D eigenvalue weighted by molar-refractivity contribution is 6.23. The summed E-state index contributed by atoms with van der Waals surface area (Å²) in [4.78, 5) is 15.9. The highest BCUT2D eigenvalue weighted by Crippen LogP contribution is 2.42. The maximum absolute atomic E-state index is 5.40. The number of hydrogen-bond acceptors (Lipinski definition) is 3. The summed E-state index contributed by atoms with van der Waals surface area (Å²) in [7, 11) is 0. The number of rotatable bonds is 8. The van der Waals surface area contributed by atoms with Crippen LogP contribution in [0.1, 0.15) is 0 Å². The zero-order valence-electron chi connectivity index (χ0n) is 36.9. The first-order chi connectivity index (χ1) is 33.7. The molecule has 0 saturated carbocycles. The first kappa shape index (κ1) is 39.2. The number of hydrogen-bond donors (Lipinski definition) is 0. The van der Waals surface area contributed by atoms with Crippen LogP contribution in [0.5, 0.6) is 0 Å². The van der Waals surface area contributed by atoms with Crippen molar-refractivity contribution in [2.45, 2.75) is 0 Å². The lowest BCUT2D eigenvalue weighted by molar-refractivity contribution is 0.953. The minimum Gasteiger partial charge on any atom is -0.307 e. The van der Waals surface area contributed by atoms with Gasteiger partial charge in [-0.15, -0.1) is 0 Å². The van der Waals surface area contributed by atoms with E-state index in [9.17, 15) is 0 Å². The molecule has 0 unspecified atom stereocenters. The zero-order chi connectivity index (χ0) is 45.0. The summed E-state index contributed by atoms with van der Waals surface area (Å²) < 4.78 is 4.68. The molecular weight excluding hydrogens is 827 g/mol. The number of aromatic nitrogens is 5. The monoisotopic (exact) mass is 867 g/mol. The Hall–Kier alpha value is -9.19. The van der Waals surface area contributed by atoms with Crippen molar-refractivity contribution in [3.63, 3.8) is 0 Å². The Kier molecular flexibility index (Phi) is 9.43. The van der Waals surface area contributed by atoms with Gasteiger partial charge in [-0.1, -0.05) is 212 Å². The van der Waals surface area contributed by atoms with Crippen molar-refractivity contribution in [2.75, 3.05) is 0 Å². The molecule has 0 aliphatic rings. The van der Waals surface area contributed by atoms with Gasteiger partial charge >= 0.3 is 0 Å². The van der Waals surface area contributed by atoms with Gasteiger partial charge in [0, 0.05) is 38.4 Å². The zero-order valence-corrected chi connectivity index (χ0v) is 36.9. The molecule has 3 heterocycles. The van der Waals surface area contributed by atoms with Gasteiger partial charge in [0.1, 0.15) is 0 Å². The van der Waals surface area contributed by atoms with Crippen molar-refractivity contribution in [3.05, 3.63) is 249 Å². The molecule has 318 valence electrons. The van der Waals surface area contributed by atoms with Crippen molar-refractivity contribution in [1.29, 1.82) is 0 Å². The smallest absolute Gasteiger partial charge is 0.238 e. The number of fused-ring (bicyclic) bond motifs is 7. The van der Waals surface area contributed by atoms with E-state index in [2.05, 4.69) is 234 Å². The molecule has 0 atom stereocenters. The van der Waals surface area contributed by atoms with Crippen LogP contribution < -0.4 is 0 Å². The molecular formula is C63H41N5. The molecule has 3 aromatic heterocycles. The topological polar surface area (TPSA) is 48.5 Å². The maximum Gasteiger partial charge on any atom is 0.238 e. The van der Waals surface area contributed by atoms with Crippen LogP contribution >= 0.6 is 0 Å². The minimum atomic E-state index is 0.553. The predicted octanol–water partition coefficient (Wildman–Crippen LogP) is 16.1. The van der Waals surface area contributed by atoms with E-state index < -0.39 is 0 Å². The van der Waals surface area contributed by atoms with Gasteiger partial charge in [-0.2, -0.15) is 9.97 Å². The Labute approximate surface area is 393 Å². The second kappa shape index (κ2) is 16.4. The fourth-order valence-corrected chi connectivity index (χ4v) is 10.0. The summed E-state index contributed by atoms with van der Waals surface area (Å²) >= 11 is 0. The van der Waals surface area contributed by atoms with Crippen LogP contribution in [0.15, 0.2) is 249 Å². The molecule has 68 heavy (non-hydrogen) atoms. The van der Waals surface area contributed by atoms with Gasteiger partial charge in [-0.3, -0.25) is 4.57 Å². The van der Waals surface area contributed by atoms with Crippen molar-refractivity contribution in [1.82, 2.24) is 24.1 Å². The van der Waals surface area contributed by atoms with Gasteiger partial charge in [0.05, 0.1) is 22.1 Å². The first-order valence-corrected chi connectivity index (χ1v) is 23.0. The van der Waals surface area contributed by atoms with E-state index >= 15 is 0 Å². The van der Waals surface area contributed by atoms with Gasteiger partial charge in [-0.05, 0) is 80.9 Å². The minimum absolute atomic E-state index is 0.553. The highest BCUT2D eigenvalue weighted by atomic mass is 15.2. The summed E-state index contributed by atoms with van der Waals surface area (Å²) in [5, 5.41) is 4.57. The van der Waals surface area contributed by atoms with Gasteiger partial charge in [0.2, 0.25) is 5.95 Å². The average molecular weight is 868 g/mol. The maximum atomic E-state index is 5.40. The third kappa shape index (κ3) is 6.68. The summed E-state index contributed by atoms with van der Waals surface area (Å²) in [6.07, 6.45) is 0. The summed E-state index contributed by atoms with van der Waals surface area (Å²) in [6.45, 7) is 0. The summed E-state index contributed by atoms with van der Waals surface area (Å²) in [6, 6.07) is 88.2. The second-order valence-corrected chi connectivity index (χ2v) is 17.2. The fourth-order valence-electron chi connectivity index (χ4n) is 10.0. The Morgan fingerprint density at radius 1 is 0.250 bits per heavy atom. The van der Waals surface area contributed by atoms with Crippen LogP contribution in [-0.2, 0) is 0 Å². The standard InChI is InChI=1S/C63H41N5/c1-4-18-42(19-5-1)46-24-16-26-48(40-46)52-29-11-10-28-51(52)44-34-36-50(37-35-44)67-57-32-14-12-30-53(57)55-38-39-56-54-31-13-15-33-58(54)68(60(56)59(55)67)63-65-61(45-22-8-3-9-23-45)64-62(66-63)49-27-17-25-47(41-49)43-20-6-2-7-21-43/h1-41H. The Morgan fingerprint density at radius 2 is 0.676 bits per heavy atom. The second-order valence-electron chi connectivity index (χ2n) is 17.2. The molecule has 0 aliphatic carbocycles. The molecule has 0 bridgehead atoms. The highest BCUT2D eigenvalue weighted by Gasteiger charge is 2.24. The van der Waals surface area contributed by atoms with E-state index in [0.29, 0.717) is 17.6 Å². The van der Waals surface area contributed by atoms with Gasteiger partial charge < -0.3 is 4.57 Å². The quantitative estimate of drug-likeness (QED) is 0.153. The van der Waals surface area contributed by atoms with Crippen LogP contribution in [0, 0.1) is 0 Å². The molecule has 0 aliphatic heterocycles. The first-order valence-electron chi connectivity index (χ1n) is 23.0. The SMILES string of the molecule is c1ccc(-c2cccc(-c3nc(-c4ccccc4)nc(-n4c5ccccc5c5ccc6c7ccccc7n(-c7ccc(-c8ccccc8-c8cccc(-c9ccccc9)c8)cc7)c6c54)n3)c2)cc1. The van der Waals surface area contributed by atoms with Gasteiger partial charge in [-0.25, -0.2) is 4.98 Å². The third-order valence-electron chi connectivity index (χ3n) is 13.2. The van der Waals surface area contributed by atoms with Crippen molar-refractivity contribution in [2.24, 2.45) is 0 Å². The number of nitrogens with zero attached hydrogens (tertiary/aromatic N) is 5. The molecule has 0 spiro atoms. The molecule has 5 nitrogen and oxygen atoms in total. The number of benzene rings is 10. The molecule has 0 fully saturated rings. The molecule has 13 aromatic rings. The van der Waals surface area contributed by atoms with Crippen molar-refractivity contribution < 1.29 is 0 Å². The van der Waals surface area contributed by atoms with Gasteiger partial charge in [0.15, 0.2) is 11.6 Å². The lowest BCUT2D eigenvalue weighted by atomic mass is 9.92. The van der Waals surface area contributed by atoms with E-state index in [1.165, 1.54) is 33.2 Å². The normalized spacial score (nSPS) is 11.5. The Morgan fingerprint density at radius 3 is 1.28 bits per heavy atom. The molecule has 0 saturated heterocycles.